The molecule has 0 aliphatic carbocycles. The van der Waals surface area contributed by atoms with E-state index < -0.39 is 21.8 Å². The van der Waals surface area contributed by atoms with E-state index in [1.54, 1.807) is 6.92 Å². The first-order valence-corrected chi connectivity index (χ1v) is 7.34. The van der Waals surface area contributed by atoms with E-state index in [4.69, 9.17) is 10.3 Å². The van der Waals surface area contributed by atoms with Gasteiger partial charge in [0.2, 0.25) is 11.8 Å². The molecule has 8 nitrogen and oxygen atoms in total. The van der Waals surface area contributed by atoms with E-state index in [0.717, 1.165) is 6.26 Å². The van der Waals surface area contributed by atoms with Gasteiger partial charge in [0.05, 0.1) is 18.3 Å². The van der Waals surface area contributed by atoms with Crippen LogP contribution in [0.15, 0.2) is 4.52 Å². The maximum atomic E-state index is 11.5. The summed E-state index contributed by atoms with van der Waals surface area (Å²) in [7, 11) is -3.12. The van der Waals surface area contributed by atoms with Crippen molar-refractivity contribution in [3.05, 3.63) is 11.7 Å². The highest BCUT2D eigenvalue weighted by molar-refractivity contribution is 7.90. The van der Waals surface area contributed by atoms with Gasteiger partial charge < -0.3 is 15.6 Å². The van der Waals surface area contributed by atoms with E-state index in [-0.39, 0.29) is 24.6 Å². The second kappa shape index (κ2) is 5.91. The second-order valence-corrected chi connectivity index (χ2v) is 6.24. The largest absolute Gasteiger partial charge is 0.346 e. The van der Waals surface area contributed by atoms with Gasteiger partial charge in [-0.2, -0.15) is 4.98 Å². The van der Waals surface area contributed by atoms with E-state index >= 15 is 0 Å². The summed E-state index contributed by atoms with van der Waals surface area (Å²) in [6, 6.07) is -0.872. The zero-order valence-electron chi connectivity index (χ0n) is 10.2. The van der Waals surface area contributed by atoms with Crippen LogP contribution in [0.4, 0.5) is 0 Å². The maximum Gasteiger partial charge on any atom is 0.246 e. The van der Waals surface area contributed by atoms with Gasteiger partial charge in [-0.1, -0.05) is 5.16 Å². The molecule has 18 heavy (non-hydrogen) atoms. The Morgan fingerprint density at radius 2 is 2.22 bits per heavy atom. The maximum absolute atomic E-state index is 11.5. The second-order valence-electron chi connectivity index (χ2n) is 3.98. The molecule has 0 aromatic carbocycles. The van der Waals surface area contributed by atoms with Crippen LogP contribution in [0.3, 0.4) is 0 Å². The fourth-order valence-corrected chi connectivity index (χ4v) is 1.86. The van der Waals surface area contributed by atoms with Crippen molar-refractivity contribution in [2.24, 2.45) is 5.73 Å². The smallest absolute Gasteiger partial charge is 0.246 e. The summed E-state index contributed by atoms with van der Waals surface area (Å²) in [6.45, 7) is 1.74. The van der Waals surface area contributed by atoms with E-state index in [2.05, 4.69) is 15.5 Å². The average molecular weight is 276 g/mol. The molecule has 1 amide bonds. The summed E-state index contributed by atoms with van der Waals surface area (Å²) < 4.78 is 26.6. The molecule has 1 aromatic rings. The lowest BCUT2D eigenvalue weighted by Gasteiger charge is -2.10. The molecule has 1 rings (SSSR count). The van der Waals surface area contributed by atoms with Gasteiger partial charge in [-0.25, -0.2) is 8.42 Å². The van der Waals surface area contributed by atoms with Crippen molar-refractivity contribution in [3.63, 3.8) is 0 Å². The van der Waals surface area contributed by atoms with Crippen molar-refractivity contribution in [2.75, 3.05) is 12.0 Å². The van der Waals surface area contributed by atoms with Crippen LogP contribution < -0.4 is 11.1 Å². The lowest BCUT2D eigenvalue weighted by atomic mass is 10.2. The van der Waals surface area contributed by atoms with Gasteiger partial charge in [0.25, 0.3) is 0 Å². The number of nitrogens with one attached hydrogen (secondary N) is 1. The van der Waals surface area contributed by atoms with Crippen LogP contribution in [-0.2, 0) is 21.2 Å². The van der Waals surface area contributed by atoms with Gasteiger partial charge in [-0.15, -0.1) is 0 Å². The van der Waals surface area contributed by atoms with E-state index in [1.807, 2.05) is 0 Å². The molecule has 0 aliphatic rings. The Morgan fingerprint density at radius 1 is 1.56 bits per heavy atom. The Kier molecular flexibility index (Phi) is 4.79. The van der Waals surface area contributed by atoms with E-state index in [0.29, 0.717) is 5.82 Å². The molecule has 0 fully saturated rings. The predicted molar refractivity (Wildman–Crippen MR) is 63.2 cm³/mol. The number of carbonyl (C=O) groups is 1. The number of carbonyl (C=O) groups excluding carboxylic acids is 1. The molecule has 3 N–H and O–H groups in total. The number of hydrogen-bond donors (Lipinski definition) is 2. The third-order valence-electron chi connectivity index (χ3n) is 2.12. The highest BCUT2D eigenvalue weighted by Gasteiger charge is 2.16. The zero-order valence-corrected chi connectivity index (χ0v) is 11.0. The van der Waals surface area contributed by atoms with Crippen LogP contribution in [0.5, 0.6) is 0 Å². The molecule has 0 spiro atoms. The molecule has 102 valence electrons. The first-order valence-electron chi connectivity index (χ1n) is 5.28. The summed E-state index contributed by atoms with van der Waals surface area (Å²) in [6.07, 6.45) is 1.17. The topological polar surface area (TPSA) is 128 Å². The van der Waals surface area contributed by atoms with Gasteiger partial charge in [0.1, 0.15) is 9.84 Å². The van der Waals surface area contributed by atoms with E-state index in [9.17, 15) is 13.2 Å². The standard InChI is InChI=1S/C9H16N4O4S/c1-6-12-8(17-13-6)5-11-9(14)7(10)3-4-18(2,15)16/h7H,3-5,10H2,1-2H3,(H,11,14). The van der Waals surface area contributed by atoms with Crippen molar-refractivity contribution < 1.29 is 17.7 Å². The van der Waals surface area contributed by atoms with Crippen molar-refractivity contribution >= 4 is 15.7 Å². The number of nitrogens with zero attached hydrogens (tertiary/aromatic N) is 2. The Balaban J connectivity index is 2.36. The molecule has 0 aliphatic heterocycles. The quantitative estimate of drug-likeness (QED) is 0.664. The summed E-state index contributed by atoms with van der Waals surface area (Å²) in [5, 5.41) is 6.05. The molecule has 1 atom stereocenters. The number of nitrogens with two attached hydrogens (primary N) is 1. The van der Waals surface area contributed by atoms with Gasteiger partial charge in [0, 0.05) is 6.26 Å². The Bertz CT molecular complexity index is 510. The number of hydrogen-bond acceptors (Lipinski definition) is 7. The number of aryl methyl sites for hydroxylation is 1. The van der Waals surface area contributed by atoms with Gasteiger partial charge >= 0.3 is 0 Å². The van der Waals surface area contributed by atoms with Crippen LogP contribution in [0.1, 0.15) is 18.1 Å². The lowest BCUT2D eigenvalue weighted by molar-refractivity contribution is -0.122. The fourth-order valence-electron chi connectivity index (χ4n) is 1.18. The van der Waals surface area contributed by atoms with Crippen molar-refractivity contribution in [3.8, 4) is 0 Å². The minimum Gasteiger partial charge on any atom is -0.346 e. The fraction of sp³-hybridized carbons (Fsp3) is 0.667. The highest BCUT2D eigenvalue weighted by atomic mass is 32.2. The van der Waals surface area contributed by atoms with Crippen molar-refractivity contribution in [1.82, 2.24) is 15.5 Å². The summed E-state index contributed by atoms with van der Waals surface area (Å²) in [4.78, 5) is 15.4. The molecule has 0 bridgehead atoms. The number of sulfone groups is 1. The zero-order chi connectivity index (χ0) is 13.8. The molecule has 1 aromatic heterocycles. The van der Waals surface area contributed by atoms with Gasteiger partial charge in [0.15, 0.2) is 5.82 Å². The van der Waals surface area contributed by atoms with E-state index in [1.165, 1.54) is 0 Å². The first kappa shape index (κ1) is 14.6. The third kappa shape index (κ3) is 5.23. The van der Waals surface area contributed by atoms with Crippen molar-refractivity contribution in [1.29, 1.82) is 0 Å². The monoisotopic (exact) mass is 276 g/mol. The Labute approximate surface area is 105 Å². The normalized spacial score (nSPS) is 13.3. The van der Waals surface area contributed by atoms with Gasteiger partial charge in [-0.05, 0) is 13.3 Å². The number of amides is 1. The summed E-state index contributed by atoms with van der Waals surface area (Å²) >= 11 is 0. The molecule has 0 saturated carbocycles. The Morgan fingerprint density at radius 3 is 2.72 bits per heavy atom. The predicted octanol–water partition coefficient (Wildman–Crippen LogP) is -1.24. The molecule has 1 unspecified atom stereocenters. The lowest BCUT2D eigenvalue weighted by Crippen LogP contribution is -2.41. The summed E-state index contributed by atoms with van der Waals surface area (Å²) in [5.74, 6) is 0.174. The minimum absolute atomic E-state index is 0.0756. The number of aromatic nitrogens is 2. The molecule has 9 heteroatoms. The van der Waals surface area contributed by atoms with Crippen molar-refractivity contribution in [2.45, 2.75) is 25.9 Å². The van der Waals surface area contributed by atoms with Crippen LogP contribution in [0, 0.1) is 6.92 Å². The summed E-state index contributed by atoms with van der Waals surface area (Å²) in [5.41, 5.74) is 5.55. The van der Waals surface area contributed by atoms with Gasteiger partial charge in [-0.3, -0.25) is 4.79 Å². The molecular formula is C9H16N4O4S. The SMILES string of the molecule is Cc1noc(CNC(=O)C(N)CCS(C)(=O)=O)n1. The molecular weight excluding hydrogens is 260 g/mol. The third-order valence-corrected chi connectivity index (χ3v) is 3.10. The number of rotatable bonds is 6. The molecule has 0 radical (unpaired) electrons. The molecule has 0 saturated heterocycles. The Hall–Kier alpha value is -1.48. The minimum atomic E-state index is -3.12. The van der Waals surface area contributed by atoms with Crippen LogP contribution in [0.25, 0.3) is 0 Å². The molecule has 1 heterocycles. The van der Waals surface area contributed by atoms with Crippen LogP contribution in [-0.4, -0.2) is 42.5 Å². The first-order chi connectivity index (χ1) is 8.28. The highest BCUT2D eigenvalue weighted by Crippen LogP contribution is 1.97. The van der Waals surface area contributed by atoms with Crippen LogP contribution in [0.2, 0.25) is 0 Å². The van der Waals surface area contributed by atoms with Crippen LogP contribution >= 0.6 is 0 Å². The average Bonchev–Trinajstić information content (AvgIpc) is 2.67.